The Hall–Kier alpha value is -2.93. The van der Waals surface area contributed by atoms with E-state index in [1.54, 1.807) is 13.3 Å². The first-order chi connectivity index (χ1) is 14.6. The van der Waals surface area contributed by atoms with Crippen LogP contribution < -0.4 is 5.56 Å². The number of aryl methyl sites for hydroxylation is 1. The van der Waals surface area contributed by atoms with Gasteiger partial charge in [0.15, 0.2) is 0 Å². The number of para-hydroxylation sites is 1. The standard InChI is InChI=1S/C23H28N4O3/c1-17-8-6-12-26(14-17)22(28)19-15-25(11-7-13-30-2)16-20-21(19)24-27(23(20)29)18-9-4-3-5-10-18/h3-5,9-10,15-17H,6-8,11-14H2,1-2H3/t17-/m1/s1. The van der Waals surface area contributed by atoms with Crippen molar-refractivity contribution >= 4 is 5.91 Å². The first-order valence-electron chi connectivity index (χ1n) is 10.5. The first kappa shape index (κ1) is 20.3. The molecular weight excluding hydrogens is 380 g/mol. The van der Waals surface area contributed by atoms with Crippen molar-refractivity contribution in [2.75, 3.05) is 26.8 Å². The predicted octanol–water partition coefficient (Wildman–Crippen LogP) is 3.05. The van der Waals surface area contributed by atoms with E-state index in [2.05, 4.69) is 12.0 Å². The van der Waals surface area contributed by atoms with Crippen molar-refractivity contribution in [1.82, 2.24) is 19.2 Å². The number of ether oxygens (including phenoxy) is 1. The Balaban J connectivity index is 1.80. The summed E-state index contributed by atoms with van der Waals surface area (Å²) >= 11 is 0. The Bertz CT molecular complexity index is 1040. The monoisotopic (exact) mass is 408 g/mol. The van der Waals surface area contributed by atoms with Gasteiger partial charge >= 0.3 is 0 Å². The minimum atomic E-state index is -0.210. The summed E-state index contributed by atoms with van der Waals surface area (Å²) in [4.78, 5) is 28.5. The molecule has 0 N–H and O–H groups in total. The van der Waals surface area contributed by atoms with Crippen LogP contribution in [0.1, 0.15) is 36.5 Å². The van der Waals surface area contributed by atoms with E-state index in [4.69, 9.17) is 4.74 Å². The summed E-state index contributed by atoms with van der Waals surface area (Å²) in [6.07, 6.45) is 6.57. The summed E-state index contributed by atoms with van der Waals surface area (Å²) < 4.78 is 8.46. The minimum absolute atomic E-state index is 0.0506. The number of rotatable bonds is 6. The SMILES string of the molecule is COCCCn1cc(C(=O)N2CCC[C@@H](C)C2)c2nn(-c3ccccc3)c(=O)c-2c1. The van der Waals surface area contributed by atoms with Gasteiger partial charge < -0.3 is 14.2 Å². The highest BCUT2D eigenvalue weighted by Gasteiger charge is 2.29. The van der Waals surface area contributed by atoms with Crippen LogP contribution >= 0.6 is 0 Å². The molecule has 0 unspecified atom stereocenters. The molecule has 1 atom stereocenters. The molecule has 1 aromatic carbocycles. The third-order valence-corrected chi connectivity index (χ3v) is 5.66. The number of nitrogens with zero attached hydrogens (tertiary/aromatic N) is 4. The number of pyridine rings is 1. The average molecular weight is 409 g/mol. The number of aromatic nitrogens is 3. The third-order valence-electron chi connectivity index (χ3n) is 5.66. The largest absolute Gasteiger partial charge is 0.385 e. The smallest absolute Gasteiger partial charge is 0.282 e. The second-order valence-corrected chi connectivity index (χ2v) is 8.07. The molecule has 30 heavy (non-hydrogen) atoms. The maximum Gasteiger partial charge on any atom is 0.282 e. The lowest BCUT2D eigenvalue weighted by molar-refractivity contribution is 0.0682. The van der Waals surface area contributed by atoms with E-state index < -0.39 is 0 Å². The summed E-state index contributed by atoms with van der Waals surface area (Å²) in [5.41, 5.74) is 1.90. The van der Waals surface area contributed by atoms with Crippen LogP contribution in [0.25, 0.3) is 16.9 Å². The molecule has 3 heterocycles. The molecule has 158 valence electrons. The van der Waals surface area contributed by atoms with Gasteiger partial charge in [0.1, 0.15) is 5.69 Å². The fourth-order valence-corrected chi connectivity index (χ4v) is 4.13. The quantitative estimate of drug-likeness (QED) is 0.588. The highest BCUT2D eigenvalue weighted by atomic mass is 16.5. The van der Waals surface area contributed by atoms with Gasteiger partial charge in [0.25, 0.3) is 11.5 Å². The molecule has 1 amide bonds. The maximum atomic E-state index is 13.4. The number of hydrogen-bond acceptors (Lipinski definition) is 4. The molecule has 3 aliphatic rings. The highest BCUT2D eigenvalue weighted by Crippen LogP contribution is 2.26. The van der Waals surface area contributed by atoms with Crippen LogP contribution in [-0.4, -0.2) is 52.0 Å². The number of fused-ring (bicyclic) bond motifs is 1. The fraction of sp³-hybridized carbons (Fsp3) is 0.435. The Morgan fingerprint density at radius 1 is 1.23 bits per heavy atom. The number of benzene rings is 1. The molecule has 0 aromatic heterocycles. The number of methoxy groups -OCH3 is 1. The van der Waals surface area contributed by atoms with E-state index in [1.165, 1.54) is 4.68 Å². The molecule has 7 nitrogen and oxygen atoms in total. The molecule has 7 heteroatoms. The van der Waals surface area contributed by atoms with Crippen LogP contribution in [0, 0.1) is 5.92 Å². The zero-order valence-electron chi connectivity index (χ0n) is 17.6. The lowest BCUT2D eigenvalue weighted by Gasteiger charge is -2.31. The van der Waals surface area contributed by atoms with Crippen LogP contribution in [0.5, 0.6) is 0 Å². The van der Waals surface area contributed by atoms with Crippen molar-refractivity contribution in [3.63, 3.8) is 0 Å². The molecule has 0 radical (unpaired) electrons. The molecule has 0 bridgehead atoms. The summed E-state index contributed by atoms with van der Waals surface area (Å²) in [6.45, 7) is 4.93. The summed E-state index contributed by atoms with van der Waals surface area (Å²) in [6, 6.07) is 9.31. The van der Waals surface area contributed by atoms with E-state index in [0.717, 1.165) is 32.4 Å². The van der Waals surface area contributed by atoms with Crippen LogP contribution in [0.3, 0.4) is 0 Å². The summed E-state index contributed by atoms with van der Waals surface area (Å²) in [5, 5.41) is 4.57. The van der Waals surface area contributed by atoms with Crippen molar-refractivity contribution in [3.05, 3.63) is 58.6 Å². The van der Waals surface area contributed by atoms with Crippen LogP contribution in [-0.2, 0) is 11.3 Å². The molecule has 0 aliphatic carbocycles. The van der Waals surface area contributed by atoms with Crippen molar-refractivity contribution < 1.29 is 9.53 Å². The van der Waals surface area contributed by atoms with Gasteiger partial charge in [0, 0.05) is 45.7 Å². The molecule has 4 rings (SSSR count). The number of likely N-dealkylation sites (tertiary alicyclic amines) is 1. The second kappa shape index (κ2) is 8.83. The first-order valence-corrected chi connectivity index (χ1v) is 10.5. The van der Waals surface area contributed by atoms with Crippen molar-refractivity contribution in [3.8, 4) is 16.9 Å². The van der Waals surface area contributed by atoms with Gasteiger partial charge in [-0.1, -0.05) is 25.1 Å². The number of carbonyl (C=O) groups is 1. The number of carbonyl (C=O) groups excluding carboxylic acids is 1. The summed E-state index contributed by atoms with van der Waals surface area (Å²) in [5.74, 6) is 0.429. The lowest BCUT2D eigenvalue weighted by Crippen LogP contribution is -2.39. The van der Waals surface area contributed by atoms with Gasteiger partial charge in [-0.15, -0.1) is 0 Å². The minimum Gasteiger partial charge on any atom is -0.385 e. The van der Waals surface area contributed by atoms with Gasteiger partial charge in [-0.3, -0.25) is 9.59 Å². The topological polar surface area (TPSA) is 69.4 Å². The molecule has 3 aliphatic heterocycles. The number of hydrogen-bond donors (Lipinski definition) is 0. The van der Waals surface area contributed by atoms with Crippen LogP contribution in [0.4, 0.5) is 0 Å². The molecular formula is C23H28N4O3. The van der Waals surface area contributed by atoms with Gasteiger partial charge in [-0.2, -0.15) is 9.78 Å². The van der Waals surface area contributed by atoms with Gasteiger partial charge in [-0.25, -0.2) is 0 Å². The van der Waals surface area contributed by atoms with E-state index >= 15 is 0 Å². The van der Waals surface area contributed by atoms with E-state index in [9.17, 15) is 9.59 Å². The van der Waals surface area contributed by atoms with Crippen LogP contribution in [0.15, 0.2) is 47.5 Å². The lowest BCUT2D eigenvalue weighted by atomic mass is 9.99. The Labute approximate surface area is 176 Å². The van der Waals surface area contributed by atoms with Gasteiger partial charge in [-0.05, 0) is 37.3 Å². The Morgan fingerprint density at radius 2 is 2.03 bits per heavy atom. The van der Waals surface area contributed by atoms with Crippen LogP contribution in [0.2, 0.25) is 0 Å². The third kappa shape index (κ3) is 4.03. The molecule has 1 aromatic rings. The average Bonchev–Trinajstić information content (AvgIpc) is 3.10. The Kier molecular flexibility index (Phi) is 5.99. The van der Waals surface area contributed by atoms with Crippen molar-refractivity contribution in [2.45, 2.75) is 32.7 Å². The fourth-order valence-electron chi connectivity index (χ4n) is 4.13. The van der Waals surface area contributed by atoms with E-state index in [1.807, 2.05) is 46.0 Å². The zero-order valence-corrected chi connectivity index (χ0v) is 17.6. The van der Waals surface area contributed by atoms with E-state index in [-0.39, 0.29) is 11.5 Å². The number of piperidine rings is 1. The van der Waals surface area contributed by atoms with Crippen molar-refractivity contribution in [2.24, 2.45) is 5.92 Å². The molecule has 1 saturated heterocycles. The zero-order chi connectivity index (χ0) is 21.1. The highest BCUT2D eigenvalue weighted by molar-refractivity contribution is 6.00. The summed E-state index contributed by atoms with van der Waals surface area (Å²) in [7, 11) is 1.67. The second-order valence-electron chi connectivity index (χ2n) is 8.07. The maximum absolute atomic E-state index is 13.4. The number of amides is 1. The van der Waals surface area contributed by atoms with E-state index in [0.29, 0.717) is 41.6 Å². The van der Waals surface area contributed by atoms with Gasteiger partial charge in [0.2, 0.25) is 0 Å². The predicted molar refractivity (Wildman–Crippen MR) is 115 cm³/mol. The molecule has 1 fully saturated rings. The Morgan fingerprint density at radius 3 is 2.77 bits per heavy atom. The van der Waals surface area contributed by atoms with Crippen molar-refractivity contribution in [1.29, 1.82) is 0 Å². The molecule has 0 saturated carbocycles. The van der Waals surface area contributed by atoms with Gasteiger partial charge in [0.05, 0.1) is 16.8 Å². The molecule has 0 spiro atoms. The normalized spacial score (nSPS) is 16.9.